The highest BCUT2D eigenvalue weighted by atomic mass is 32.2. The number of amides is 1. The number of aromatic nitrogens is 2. The molecule has 1 amide bonds. The second kappa shape index (κ2) is 12.6. The zero-order chi connectivity index (χ0) is 28.9. The Morgan fingerprint density at radius 1 is 0.951 bits per heavy atom. The van der Waals surface area contributed by atoms with Crippen molar-refractivity contribution in [2.45, 2.75) is 36.9 Å². The lowest BCUT2D eigenvalue weighted by Crippen LogP contribution is -2.29. The predicted octanol–water partition coefficient (Wildman–Crippen LogP) is 6.56. The Labute approximate surface area is 246 Å². The number of hydrogen-bond donors (Lipinski definition) is 1. The van der Waals surface area contributed by atoms with E-state index in [0.29, 0.717) is 45.9 Å². The second-order valence-electron chi connectivity index (χ2n) is 9.23. The Bertz CT molecular complexity index is 1590. The van der Waals surface area contributed by atoms with Crippen LogP contribution < -0.4 is 14.4 Å². The molecule has 5 rings (SSSR count). The molecule has 4 aromatic rings. The number of rotatable bonds is 10. The van der Waals surface area contributed by atoms with Crippen molar-refractivity contribution < 1.29 is 24.2 Å². The molecule has 41 heavy (non-hydrogen) atoms. The van der Waals surface area contributed by atoms with Gasteiger partial charge in [-0.15, -0.1) is 10.2 Å². The van der Waals surface area contributed by atoms with Crippen molar-refractivity contribution in [2.75, 3.05) is 18.1 Å². The van der Waals surface area contributed by atoms with Crippen LogP contribution in [0.25, 0.3) is 5.76 Å². The molecule has 1 saturated heterocycles. The van der Waals surface area contributed by atoms with E-state index in [-0.39, 0.29) is 16.5 Å². The van der Waals surface area contributed by atoms with Gasteiger partial charge in [-0.25, -0.2) is 0 Å². The minimum absolute atomic E-state index is 0.0286. The minimum Gasteiger partial charge on any atom is -0.507 e. The monoisotopic (exact) mass is 587 g/mol. The summed E-state index contributed by atoms with van der Waals surface area (Å²) in [6.07, 6.45) is 0. The Morgan fingerprint density at radius 3 is 2.37 bits per heavy atom. The maximum Gasteiger partial charge on any atom is 0.301 e. The number of thioether (sulfide) groups is 1. The van der Waals surface area contributed by atoms with Gasteiger partial charge < -0.3 is 14.6 Å². The van der Waals surface area contributed by atoms with E-state index in [1.807, 2.05) is 63.2 Å². The van der Waals surface area contributed by atoms with Gasteiger partial charge in [0.1, 0.15) is 5.76 Å². The molecule has 1 unspecified atom stereocenters. The van der Waals surface area contributed by atoms with Gasteiger partial charge >= 0.3 is 5.91 Å². The fourth-order valence-electron chi connectivity index (χ4n) is 4.53. The van der Waals surface area contributed by atoms with Crippen LogP contribution in [0.4, 0.5) is 5.13 Å². The lowest BCUT2D eigenvalue weighted by atomic mass is 9.95. The zero-order valence-corrected chi connectivity index (χ0v) is 24.5. The molecule has 10 heteroatoms. The molecule has 1 aromatic heterocycles. The summed E-state index contributed by atoms with van der Waals surface area (Å²) in [7, 11) is 0. The number of carbonyl (C=O) groups excluding carboxylic acids is 2. The van der Waals surface area contributed by atoms with Crippen LogP contribution in [-0.4, -0.2) is 40.2 Å². The summed E-state index contributed by atoms with van der Waals surface area (Å²) in [5, 5.41) is 20.3. The Hall–Kier alpha value is -4.15. The highest BCUT2D eigenvalue weighted by molar-refractivity contribution is 8.00. The number of hydrogen-bond acceptors (Lipinski definition) is 9. The predicted molar refractivity (Wildman–Crippen MR) is 161 cm³/mol. The fourth-order valence-corrected chi connectivity index (χ4v) is 6.35. The van der Waals surface area contributed by atoms with Crippen molar-refractivity contribution in [2.24, 2.45) is 0 Å². The van der Waals surface area contributed by atoms with Crippen LogP contribution in [0.5, 0.6) is 11.5 Å². The van der Waals surface area contributed by atoms with Crippen molar-refractivity contribution in [1.29, 1.82) is 0 Å². The van der Waals surface area contributed by atoms with Gasteiger partial charge in [0, 0.05) is 11.3 Å². The highest BCUT2D eigenvalue weighted by Crippen LogP contribution is 2.45. The van der Waals surface area contributed by atoms with E-state index in [2.05, 4.69) is 10.2 Å². The van der Waals surface area contributed by atoms with Gasteiger partial charge in [0.15, 0.2) is 15.8 Å². The number of Topliss-reactive ketones (excluding diaryl/α,β-unsaturated/α-hetero) is 1. The number of ether oxygens (including phenoxy) is 2. The molecule has 8 nitrogen and oxygen atoms in total. The summed E-state index contributed by atoms with van der Waals surface area (Å²) in [5.74, 6) is -0.138. The lowest BCUT2D eigenvalue weighted by Gasteiger charge is -2.23. The average Bonchev–Trinajstić information content (AvgIpc) is 3.55. The van der Waals surface area contributed by atoms with Gasteiger partial charge in [0.25, 0.3) is 5.78 Å². The van der Waals surface area contributed by atoms with Crippen LogP contribution in [0.2, 0.25) is 0 Å². The Morgan fingerprint density at radius 2 is 1.66 bits per heavy atom. The molecule has 210 valence electrons. The lowest BCUT2D eigenvalue weighted by molar-refractivity contribution is -0.132. The summed E-state index contributed by atoms with van der Waals surface area (Å²) < 4.78 is 12.2. The van der Waals surface area contributed by atoms with Crippen LogP contribution in [0.1, 0.15) is 42.1 Å². The summed E-state index contributed by atoms with van der Waals surface area (Å²) in [6.45, 7) is 6.51. The molecule has 2 heterocycles. The first-order valence-corrected chi connectivity index (χ1v) is 15.0. The quantitative estimate of drug-likeness (QED) is 0.0732. The summed E-state index contributed by atoms with van der Waals surface area (Å²) in [5.41, 5.74) is 3.11. The van der Waals surface area contributed by atoms with Crippen LogP contribution in [-0.2, 0) is 15.3 Å². The number of anilines is 1. The molecule has 1 aliphatic heterocycles. The number of ketones is 1. The van der Waals surface area contributed by atoms with E-state index in [4.69, 9.17) is 9.47 Å². The number of aryl methyl sites for hydroxylation is 1. The topological polar surface area (TPSA) is 102 Å². The van der Waals surface area contributed by atoms with Crippen LogP contribution in [0.3, 0.4) is 0 Å². The fraction of sp³-hybridized carbons (Fsp3) is 0.226. The third-order valence-corrected chi connectivity index (χ3v) is 8.59. The third kappa shape index (κ3) is 5.98. The van der Waals surface area contributed by atoms with Gasteiger partial charge in [-0.05, 0) is 44.0 Å². The van der Waals surface area contributed by atoms with E-state index in [0.717, 1.165) is 11.1 Å². The molecule has 0 radical (unpaired) electrons. The van der Waals surface area contributed by atoms with Crippen molar-refractivity contribution in [1.82, 2.24) is 10.2 Å². The third-order valence-electron chi connectivity index (χ3n) is 6.46. The number of aliphatic hydroxyl groups excluding tert-OH is 1. The second-order valence-corrected chi connectivity index (χ2v) is 11.4. The van der Waals surface area contributed by atoms with Crippen LogP contribution in [0, 0.1) is 6.92 Å². The van der Waals surface area contributed by atoms with Crippen molar-refractivity contribution in [3.8, 4) is 11.5 Å². The zero-order valence-electron chi connectivity index (χ0n) is 22.9. The van der Waals surface area contributed by atoms with Gasteiger partial charge in [-0.2, -0.15) is 0 Å². The Kier molecular flexibility index (Phi) is 8.70. The number of carbonyl (C=O) groups is 2. The molecule has 1 N–H and O–H groups in total. The maximum absolute atomic E-state index is 13.6. The largest absolute Gasteiger partial charge is 0.507 e. The number of aliphatic hydroxyl groups is 1. The standard InChI is InChI=1S/C31H29N3O5S2/c1-4-38-23-16-15-22(17-24(23)39-5-2)26-25(27(35)21-13-11-19(3)12-14-21)28(36)29(37)34(26)30-32-33-31(41-30)40-18-20-9-7-6-8-10-20/h6-17,26,35H,4-5,18H2,1-3H3/b27-25+. The van der Waals surface area contributed by atoms with Crippen molar-refractivity contribution in [3.05, 3.63) is 101 Å². The Balaban J connectivity index is 1.59. The summed E-state index contributed by atoms with van der Waals surface area (Å²) in [4.78, 5) is 28.4. The molecule has 0 saturated carbocycles. The smallest absolute Gasteiger partial charge is 0.301 e. The SMILES string of the molecule is CCOc1ccc(C2/C(=C(\O)c3ccc(C)cc3)C(=O)C(=O)N2c2nnc(SCc3ccccc3)s2)cc1OCC. The summed E-state index contributed by atoms with van der Waals surface area (Å²) >= 11 is 2.72. The van der Waals surface area contributed by atoms with E-state index in [1.165, 1.54) is 28.0 Å². The van der Waals surface area contributed by atoms with Gasteiger partial charge in [0.05, 0.1) is 24.8 Å². The van der Waals surface area contributed by atoms with Gasteiger partial charge in [-0.1, -0.05) is 89.3 Å². The molecule has 1 fully saturated rings. The van der Waals surface area contributed by atoms with Crippen LogP contribution >= 0.6 is 23.1 Å². The molecule has 0 aliphatic carbocycles. The minimum atomic E-state index is -0.953. The maximum atomic E-state index is 13.6. The average molecular weight is 588 g/mol. The molecule has 0 spiro atoms. The molecule has 3 aromatic carbocycles. The van der Waals surface area contributed by atoms with E-state index in [9.17, 15) is 14.7 Å². The first-order valence-electron chi connectivity index (χ1n) is 13.2. The van der Waals surface area contributed by atoms with Crippen LogP contribution in [0.15, 0.2) is 82.7 Å². The van der Waals surface area contributed by atoms with E-state index >= 15 is 0 Å². The van der Waals surface area contributed by atoms with E-state index in [1.54, 1.807) is 30.3 Å². The van der Waals surface area contributed by atoms with E-state index < -0.39 is 17.7 Å². The highest BCUT2D eigenvalue weighted by Gasteiger charge is 2.48. The first-order chi connectivity index (χ1) is 19.9. The molecule has 1 aliphatic rings. The number of benzene rings is 3. The molecule has 1 atom stereocenters. The molecule has 0 bridgehead atoms. The summed E-state index contributed by atoms with van der Waals surface area (Å²) in [6, 6.07) is 21.4. The van der Waals surface area contributed by atoms with Crippen molar-refractivity contribution >= 4 is 45.7 Å². The first kappa shape index (κ1) is 28.4. The van der Waals surface area contributed by atoms with Crippen molar-refractivity contribution in [3.63, 3.8) is 0 Å². The molecular formula is C31H29N3O5S2. The van der Waals surface area contributed by atoms with Gasteiger partial charge in [0.2, 0.25) is 5.13 Å². The number of nitrogens with zero attached hydrogens (tertiary/aromatic N) is 3. The normalized spacial score (nSPS) is 16.3. The van der Waals surface area contributed by atoms with Gasteiger partial charge in [-0.3, -0.25) is 14.5 Å². The molecular weight excluding hydrogens is 558 g/mol.